The van der Waals surface area contributed by atoms with E-state index >= 15 is 0 Å². The first-order valence-corrected chi connectivity index (χ1v) is 9.82. The van der Waals surface area contributed by atoms with Crippen LogP contribution >= 0.6 is 0 Å². The van der Waals surface area contributed by atoms with E-state index in [0.717, 1.165) is 17.3 Å². The van der Waals surface area contributed by atoms with Crippen LogP contribution in [0.4, 0.5) is 11.6 Å². The van der Waals surface area contributed by atoms with Crippen LogP contribution in [0.3, 0.4) is 0 Å². The number of imidazole rings is 1. The van der Waals surface area contributed by atoms with Crippen molar-refractivity contribution in [2.75, 3.05) is 37.0 Å². The van der Waals surface area contributed by atoms with E-state index in [1.54, 1.807) is 12.7 Å². The molecule has 1 aromatic carbocycles. The maximum absolute atomic E-state index is 10.3. The van der Waals surface area contributed by atoms with Gasteiger partial charge in [-0.3, -0.25) is 0 Å². The fourth-order valence-electron chi connectivity index (χ4n) is 3.84. The standard InChI is InChI=1S/C21H27N7O/c1-27(2)19-9-20(26-14-25-19)28-12-17(29)8-16(28)10-23-21(18-11-22-13-24-18)15-6-4-3-5-7-15/h3-7,9,11,13-14,16-17,21,23,29H,8,10,12H2,1-2H3,(H,22,24)/t16-,17-,21?/m1/s1. The van der Waals surface area contributed by atoms with Crippen molar-refractivity contribution in [3.63, 3.8) is 0 Å². The van der Waals surface area contributed by atoms with Gasteiger partial charge in [0.15, 0.2) is 0 Å². The Morgan fingerprint density at radius 1 is 1.28 bits per heavy atom. The van der Waals surface area contributed by atoms with Gasteiger partial charge in [0.25, 0.3) is 0 Å². The van der Waals surface area contributed by atoms with Crippen LogP contribution in [0, 0.1) is 0 Å². The molecule has 8 heteroatoms. The SMILES string of the molecule is CN(C)c1cc(N2C[C@H](O)C[C@@H]2CNC(c2ccccc2)c2cnc[nH]2)ncn1. The average Bonchev–Trinajstić information content (AvgIpc) is 3.39. The number of aliphatic hydroxyl groups excluding tert-OH is 1. The van der Waals surface area contributed by atoms with Gasteiger partial charge >= 0.3 is 0 Å². The molecule has 0 saturated carbocycles. The van der Waals surface area contributed by atoms with Gasteiger partial charge in [0, 0.05) is 45.5 Å². The summed E-state index contributed by atoms with van der Waals surface area (Å²) in [5, 5.41) is 14.0. The predicted molar refractivity (Wildman–Crippen MR) is 113 cm³/mol. The summed E-state index contributed by atoms with van der Waals surface area (Å²) in [6.07, 6.45) is 5.44. The fourth-order valence-corrected chi connectivity index (χ4v) is 3.84. The number of nitrogens with zero attached hydrogens (tertiary/aromatic N) is 5. The fraction of sp³-hybridized carbons (Fsp3) is 0.381. The summed E-state index contributed by atoms with van der Waals surface area (Å²) >= 11 is 0. The quantitative estimate of drug-likeness (QED) is 0.561. The summed E-state index contributed by atoms with van der Waals surface area (Å²) in [4.78, 5) is 20.3. The zero-order valence-electron chi connectivity index (χ0n) is 16.7. The van der Waals surface area contributed by atoms with E-state index in [-0.39, 0.29) is 18.2 Å². The van der Waals surface area contributed by atoms with Gasteiger partial charge in [-0.1, -0.05) is 30.3 Å². The van der Waals surface area contributed by atoms with Crippen LogP contribution < -0.4 is 15.1 Å². The number of rotatable bonds is 7. The molecule has 0 spiro atoms. The Hall–Kier alpha value is -2.97. The second kappa shape index (κ2) is 8.59. The van der Waals surface area contributed by atoms with E-state index in [4.69, 9.17) is 0 Å². The van der Waals surface area contributed by atoms with Gasteiger partial charge in [0.1, 0.15) is 18.0 Å². The number of hydrogen-bond donors (Lipinski definition) is 3. The second-order valence-corrected chi connectivity index (χ2v) is 7.58. The van der Waals surface area contributed by atoms with Crippen LogP contribution in [0.5, 0.6) is 0 Å². The first kappa shape index (κ1) is 19.4. The molecule has 4 rings (SSSR count). The van der Waals surface area contributed by atoms with Gasteiger partial charge in [-0.05, 0) is 12.0 Å². The molecule has 1 fully saturated rings. The molecule has 0 bridgehead atoms. The van der Waals surface area contributed by atoms with E-state index in [9.17, 15) is 5.11 Å². The smallest absolute Gasteiger partial charge is 0.134 e. The average molecular weight is 393 g/mol. The Kier molecular flexibility index (Phi) is 5.73. The monoisotopic (exact) mass is 393 g/mol. The minimum atomic E-state index is -0.373. The molecule has 2 aromatic heterocycles. The van der Waals surface area contributed by atoms with Crippen molar-refractivity contribution in [1.82, 2.24) is 25.3 Å². The van der Waals surface area contributed by atoms with Crippen LogP contribution in [0.25, 0.3) is 0 Å². The van der Waals surface area contributed by atoms with Crippen molar-refractivity contribution in [3.05, 3.63) is 66.5 Å². The lowest BCUT2D eigenvalue weighted by molar-refractivity contribution is 0.194. The zero-order valence-corrected chi connectivity index (χ0v) is 16.7. The van der Waals surface area contributed by atoms with Crippen LogP contribution in [-0.4, -0.2) is 64.4 Å². The van der Waals surface area contributed by atoms with E-state index in [2.05, 4.69) is 42.3 Å². The Balaban J connectivity index is 1.53. The van der Waals surface area contributed by atoms with Gasteiger partial charge < -0.3 is 25.2 Å². The molecule has 1 aliphatic heterocycles. The summed E-state index contributed by atoms with van der Waals surface area (Å²) in [7, 11) is 3.91. The van der Waals surface area contributed by atoms with Crippen LogP contribution in [0.2, 0.25) is 0 Å². The molecule has 3 aromatic rings. The molecule has 8 nitrogen and oxygen atoms in total. The topological polar surface area (TPSA) is 93.2 Å². The normalized spacial score (nSPS) is 20.0. The van der Waals surface area contributed by atoms with Gasteiger partial charge in [0.2, 0.25) is 0 Å². The number of β-amino-alcohol motifs (C(OH)–C–C–N with tert-alkyl or cyclic N) is 1. The Bertz CT molecular complexity index is 900. The summed E-state index contributed by atoms with van der Waals surface area (Å²) in [5.74, 6) is 1.69. The summed E-state index contributed by atoms with van der Waals surface area (Å²) in [6, 6.07) is 12.4. The number of anilines is 2. The molecule has 0 amide bonds. The van der Waals surface area contributed by atoms with E-state index in [1.807, 2.05) is 49.5 Å². The first-order valence-electron chi connectivity index (χ1n) is 9.82. The van der Waals surface area contributed by atoms with Crippen molar-refractivity contribution in [2.24, 2.45) is 0 Å². The highest BCUT2D eigenvalue weighted by Crippen LogP contribution is 2.27. The van der Waals surface area contributed by atoms with Crippen molar-refractivity contribution in [2.45, 2.75) is 24.6 Å². The largest absolute Gasteiger partial charge is 0.391 e. The van der Waals surface area contributed by atoms with Gasteiger partial charge in [-0.25, -0.2) is 15.0 Å². The number of H-pyrrole nitrogens is 1. The number of nitrogens with one attached hydrogen (secondary N) is 2. The summed E-state index contributed by atoms with van der Waals surface area (Å²) < 4.78 is 0. The minimum Gasteiger partial charge on any atom is -0.391 e. The maximum Gasteiger partial charge on any atom is 0.134 e. The van der Waals surface area contributed by atoms with E-state index < -0.39 is 0 Å². The lowest BCUT2D eigenvalue weighted by atomic mass is 10.0. The molecular weight excluding hydrogens is 366 g/mol. The number of aliphatic hydroxyl groups is 1. The third-order valence-corrected chi connectivity index (χ3v) is 5.30. The molecule has 3 atom stereocenters. The molecule has 0 aliphatic carbocycles. The van der Waals surface area contributed by atoms with E-state index in [0.29, 0.717) is 19.5 Å². The minimum absolute atomic E-state index is 0.000952. The number of aromatic nitrogens is 4. The van der Waals surface area contributed by atoms with Gasteiger partial charge in [-0.2, -0.15) is 0 Å². The van der Waals surface area contributed by atoms with Crippen molar-refractivity contribution in [3.8, 4) is 0 Å². The number of aromatic amines is 1. The first-order chi connectivity index (χ1) is 14.1. The molecule has 152 valence electrons. The highest BCUT2D eigenvalue weighted by molar-refractivity contribution is 5.51. The molecular formula is C21H27N7O. The van der Waals surface area contributed by atoms with Crippen molar-refractivity contribution < 1.29 is 5.11 Å². The highest BCUT2D eigenvalue weighted by atomic mass is 16.3. The number of hydrogen-bond acceptors (Lipinski definition) is 7. The zero-order chi connectivity index (χ0) is 20.2. The lowest BCUT2D eigenvalue weighted by Gasteiger charge is -2.28. The lowest BCUT2D eigenvalue weighted by Crippen LogP contribution is -2.40. The summed E-state index contributed by atoms with van der Waals surface area (Å²) in [6.45, 7) is 1.27. The predicted octanol–water partition coefficient (Wildman–Crippen LogP) is 1.58. The molecule has 1 unspecified atom stereocenters. The van der Waals surface area contributed by atoms with Crippen LogP contribution in [0.15, 0.2) is 55.2 Å². The van der Waals surface area contributed by atoms with Gasteiger partial charge in [0.05, 0.1) is 24.2 Å². The van der Waals surface area contributed by atoms with Gasteiger partial charge in [-0.15, -0.1) is 0 Å². The van der Waals surface area contributed by atoms with Crippen LogP contribution in [0.1, 0.15) is 23.7 Å². The third kappa shape index (κ3) is 4.38. The molecule has 29 heavy (non-hydrogen) atoms. The highest BCUT2D eigenvalue weighted by Gasteiger charge is 2.32. The third-order valence-electron chi connectivity index (χ3n) is 5.30. The molecule has 3 heterocycles. The summed E-state index contributed by atoms with van der Waals surface area (Å²) in [5.41, 5.74) is 2.18. The Morgan fingerprint density at radius 3 is 2.83 bits per heavy atom. The molecule has 3 N–H and O–H groups in total. The van der Waals surface area contributed by atoms with Crippen molar-refractivity contribution >= 4 is 11.6 Å². The van der Waals surface area contributed by atoms with Crippen molar-refractivity contribution in [1.29, 1.82) is 0 Å². The molecule has 1 saturated heterocycles. The van der Waals surface area contributed by atoms with E-state index in [1.165, 1.54) is 5.56 Å². The van der Waals surface area contributed by atoms with Crippen LogP contribution in [-0.2, 0) is 0 Å². The number of benzene rings is 1. The Morgan fingerprint density at radius 2 is 2.10 bits per heavy atom. The molecule has 0 radical (unpaired) electrons. The Labute approximate surface area is 170 Å². The molecule has 1 aliphatic rings. The second-order valence-electron chi connectivity index (χ2n) is 7.58. The maximum atomic E-state index is 10.3.